The van der Waals surface area contributed by atoms with Crippen molar-refractivity contribution in [2.45, 2.75) is 33.2 Å². The first-order valence-corrected chi connectivity index (χ1v) is 18.4. The van der Waals surface area contributed by atoms with Crippen LogP contribution in [0.3, 0.4) is 0 Å². The van der Waals surface area contributed by atoms with Crippen LogP contribution in [0.2, 0.25) is 5.02 Å². The second-order valence-corrected chi connectivity index (χ2v) is 14.9. The number of carbonyl (C=O) groups excluding carboxylic acids is 4. The molecule has 5 heterocycles. The number of aryl methyl sites for hydroxylation is 2. The Hall–Kier alpha value is -5.72. The lowest BCUT2D eigenvalue weighted by Gasteiger charge is -2.35. The summed E-state index contributed by atoms with van der Waals surface area (Å²) in [5.74, 6) is 0.671. The number of halogens is 1. The molecule has 2 amide bonds. The molecule has 0 saturated carbocycles. The maximum absolute atomic E-state index is 14.2. The maximum Gasteiger partial charge on any atom is 0.254 e. The van der Waals surface area contributed by atoms with Gasteiger partial charge in [-0.2, -0.15) is 0 Å². The third kappa shape index (κ3) is 5.69. The van der Waals surface area contributed by atoms with Crippen LogP contribution in [0.1, 0.15) is 71.2 Å². The maximum atomic E-state index is 14.2. The van der Waals surface area contributed by atoms with Gasteiger partial charge in [0.25, 0.3) is 11.8 Å². The molecule has 11 nitrogen and oxygen atoms in total. The van der Waals surface area contributed by atoms with Crippen molar-refractivity contribution in [2.24, 2.45) is 4.99 Å². The number of benzene rings is 3. The minimum absolute atomic E-state index is 0.0748. The van der Waals surface area contributed by atoms with E-state index >= 15 is 0 Å². The number of rotatable bonds is 6. The minimum atomic E-state index is -0.599. The Morgan fingerprint density at radius 3 is 2.40 bits per heavy atom. The van der Waals surface area contributed by atoms with Crippen LogP contribution in [-0.4, -0.2) is 85.0 Å². The Balaban J connectivity index is 1.07. The summed E-state index contributed by atoms with van der Waals surface area (Å²) >= 11 is 7.91. The fourth-order valence-corrected chi connectivity index (χ4v) is 8.76. The first kappa shape index (κ1) is 34.4. The average molecular weight is 744 g/mol. The molecule has 13 heteroatoms. The third-order valence-corrected chi connectivity index (χ3v) is 11.7. The molecule has 3 aromatic heterocycles. The number of thiophene rings is 1. The standard InChI is InChI=1S/C40H34ClN7O4S/c1-5-33(50)48-31-14-9-25(21-49)19-29(31)36-28(7-6-8-32(36)48)39(52)46-17-15-45(16-18-46)34(51)20-30-38-44-43-24(4)47(38)40-35(22(2)23(3)53-40)37(42-30)26-10-12-27(41)13-11-26/h5-14,19,21,30H,1,15-18,20H2,2-4H3/t30-/m0/s1. The van der Waals surface area contributed by atoms with Crippen LogP contribution in [0, 0.1) is 20.8 Å². The molecule has 1 atom stereocenters. The Bertz CT molecular complexity index is 2560. The van der Waals surface area contributed by atoms with Gasteiger partial charge in [0.1, 0.15) is 23.2 Å². The lowest BCUT2D eigenvalue weighted by atomic mass is 9.99. The molecule has 2 aliphatic rings. The smallest absolute Gasteiger partial charge is 0.254 e. The fourth-order valence-electron chi connectivity index (χ4n) is 7.42. The van der Waals surface area contributed by atoms with Gasteiger partial charge in [0.2, 0.25) is 5.91 Å². The van der Waals surface area contributed by atoms with Crippen LogP contribution in [0.5, 0.6) is 0 Å². The van der Waals surface area contributed by atoms with Gasteiger partial charge < -0.3 is 9.80 Å². The minimum Gasteiger partial charge on any atom is -0.339 e. The Morgan fingerprint density at radius 2 is 1.68 bits per heavy atom. The van der Waals surface area contributed by atoms with Crippen LogP contribution in [0.25, 0.3) is 26.8 Å². The highest BCUT2D eigenvalue weighted by molar-refractivity contribution is 7.15. The number of amides is 2. The van der Waals surface area contributed by atoms with E-state index in [4.69, 9.17) is 16.6 Å². The molecular formula is C40H34ClN7O4S. The summed E-state index contributed by atoms with van der Waals surface area (Å²) in [7, 11) is 0. The molecule has 0 unspecified atom stereocenters. The number of allylic oxidation sites excluding steroid dienone is 1. The Morgan fingerprint density at radius 1 is 0.943 bits per heavy atom. The van der Waals surface area contributed by atoms with E-state index in [2.05, 4.69) is 30.6 Å². The topological polar surface area (TPSA) is 123 Å². The molecule has 0 bridgehead atoms. The van der Waals surface area contributed by atoms with E-state index in [0.717, 1.165) is 38.6 Å². The number of aldehydes is 1. The molecular weight excluding hydrogens is 710 g/mol. The van der Waals surface area contributed by atoms with E-state index in [1.807, 2.05) is 35.8 Å². The number of nitrogens with zero attached hydrogens (tertiary/aromatic N) is 7. The number of hydrogen-bond acceptors (Lipinski definition) is 8. The zero-order chi connectivity index (χ0) is 37.1. The van der Waals surface area contributed by atoms with Gasteiger partial charge in [0.05, 0.1) is 23.2 Å². The number of piperazine rings is 1. The van der Waals surface area contributed by atoms with Crippen LogP contribution in [0.15, 0.2) is 78.3 Å². The van der Waals surface area contributed by atoms with Gasteiger partial charge in [-0.1, -0.05) is 36.4 Å². The summed E-state index contributed by atoms with van der Waals surface area (Å²) < 4.78 is 3.54. The van der Waals surface area contributed by atoms with Crippen molar-refractivity contribution in [1.82, 2.24) is 29.1 Å². The van der Waals surface area contributed by atoms with Gasteiger partial charge in [-0.05, 0) is 74.9 Å². The molecule has 3 aromatic carbocycles. The van der Waals surface area contributed by atoms with Crippen LogP contribution >= 0.6 is 22.9 Å². The summed E-state index contributed by atoms with van der Waals surface area (Å²) in [4.78, 5) is 62.8. The van der Waals surface area contributed by atoms with Crippen molar-refractivity contribution in [3.63, 3.8) is 0 Å². The molecule has 1 saturated heterocycles. The molecule has 0 N–H and O–H groups in total. The van der Waals surface area contributed by atoms with E-state index in [1.54, 1.807) is 57.5 Å². The summed E-state index contributed by atoms with van der Waals surface area (Å²) in [6.07, 6.45) is 2.04. The van der Waals surface area contributed by atoms with Crippen molar-refractivity contribution in [1.29, 1.82) is 0 Å². The van der Waals surface area contributed by atoms with E-state index in [9.17, 15) is 19.2 Å². The van der Waals surface area contributed by atoms with E-state index in [1.165, 1.54) is 10.6 Å². The summed E-state index contributed by atoms with van der Waals surface area (Å²) in [5, 5.41) is 11.8. The second kappa shape index (κ2) is 13.4. The van der Waals surface area contributed by atoms with E-state index in [-0.39, 0.29) is 24.1 Å². The first-order chi connectivity index (χ1) is 25.6. The van der Waals surface area contributed by atoms with Gasteiger partial charge >= 0.3 is 0 Å². The molecule has 2 aliphatic heterocycles. The largest absolute Gasteiger partial charge is 0.339 e. The number of carbonyl (C=O) groups is 4. The highest BCUT2D eigenvalue weighted by Gasteiger charge is 2.34. The lowest BCUT2D eigenvalue weighted by Crippen LogP contribution is -2.50. The van der Waals surface area contributed by atoms with Gasteiger partial charge in [0, 0.05) is 69.1 Å². The molecule has 8 rings (SSSR count). The quantitative estimate of drug-likeness (QED) is 0.135. The second-order valence-electron chi connectivity index (χ2n) is 13.3. The normalized spacial score (nSPS) is 15.5. The van der Waals surface area contributed by atoms with Crippen molar-refractivity contribution in [2.75, 3.05) is 26.2 Å². The monoisotopic (exact) mass is 743 g/mol. The first-order valence-electron chi connectivity index (χ1n) is 17.2. The number of aliphatic imine (C=N–C) groups is 1. The van der Waals surface area contributed by atoms with Gasteiger partial charge in [0.15, 0.2) is 5.82 Å². The fraction of sp³-hybridized carbons (Fsp3) is 0.225. The van der Waals surface area contributed by atoms with Crippen molar-refractivity contribution in [3.8, 4) is 5.00 Å². The van der Waals surface area contributed by atoms with Crippen molar-refractivity contribution < 1.29 is 19.2 Å². The van der Waals surface area contributed by atoms with Crippen LogP contribution in [0.4, 0.5) is 0 Å². The third-order valence-electron chi connectivity index (χ3n) is 10.2. The zero-order valence-corrected chi connectivity index (χ0v) is 30.9. The lowest BCUT2D eigenvalue weighted by molar-refractivity contribution is -0.133. The predicted octanol–water partition coefficient (Wildman–Crippen LogP) is 6.92. The van der Waals surface area contributed by atoms with Crippen LogP contribution in [-0.2, 0) is 4.79 Å². The van der Waals surface area contributed by atoms with Crippen molar-refractivity contribution in [3.05, 3.63) is 123 Å². The number of aromatic nitrogens is 4. The Kier molecular flexibility index (Phi) is 8.66. The van der Waals surface area contributed by atoms with Crippen molar-refractivity contribution >= 4 is 74.5 Å². The summed E-state index contributed by atoms with van der Waals surface area (Å²) in [5.41, 5.74) is 5.77. The highest BCUT2D eigenvalue weighted by atomic mass is 35.5. The Labute approximate surface area is 313 Å². The average Bonchev–Trinajstić information content (AvgIpc) is 3.79. The molecule has 6 aromatic rings. The zero-order valence-electron chi connectivity index (χ0n) is 29.3. The molecule has 1 fully saturated rings. The molecule has 53 heavy (non-hydrogen) atoms. The number of hydrogen-bond donors (Lipinski definition) is 0. The van der Waals surface area contributed by atoms with E-state index in [0.29, 0.717) is 75.8 Å². The molecule has 266 valence electrons. The van der Waals surface area contributed by atoms with Gasteiger partial charge in [-0.25, -0.2) is 0 Å². The van der Waals surface area contributed by atoms with Gasteiger partial charge in [-0.3, -0.25) is 33.3 Å². The van der Waals surface area contributed by atoms with E-state index < -0.39 is 6.04 Å². The molecule has 0 spiro atoms. The predicted molar refractivity (Wildman–Crippen MR) is 206 cm³/mol. The summed E-state index contributed by atoms with van der Waals surface area (Å²) in [6, 6.07) is 17.3. The SMILES string of the molecule is C=CC(=O)n1c2ccc(C=O)cc2c2c(C(=O)N3CCN(C(=O)C[C@@H]4N=C(c5ccc(Cl)cc5)c5c(sc(C)c5C)-n5c(C)nnc54)CC3)cccc21. The molecule has 0 radical (unpaired) electrons. The van der Waals surface area contributed by atoms with Gasteiger partial charge in [-0.15, -0.1) is 21.5 Å². The highest BCUT2D eigenvalue weighted by Crippen LogP contribution is 2.40. The van der Waals surface area contributed by atoms with Crippen LogP contribution < -0.4 is 0 Å². The number of fused-ring (bicyclic) bond motifs is 6. The summed E-state index contributed by atoms with van der Waals surface area (Å²) in [6.45, 7) is 11.0. The molecule has 0 aliphatic carbocycles.